The third-order valence-electron chi connectivity index (χ3n) is 4.06. The van der Waals surface area contributed by atoms with Gasteiger partial charge < -0.3 is 15.1 Å². The number of benzene rings is 1. The minimum Gasteiger partial charge on any atom is -0.448 e. The molecule has 2 amide bonds. The molecule has 0 bridgehead atoms. The van der Waals surface area contributed by atoms with E-state index in [9.17, 15) is 9.59 Å². The summed E-state index contributed by atoms with van der Waals surface area (Å²) in [6.07, 6.45) is 3.98. The molecule has 6 nitrogen and oxygen atoms in total. The molecule has 0 radical (unpaired) electrons. The summed E-state index contributed by atoms with van der Waals surface area (Å²) in [6.45, 7) is 3.82. The lowest BCUT2D eigenvalue weighted by Crippen LogP contribution is -2.27. The van der Waals surface area contributed by atoms with Crippen LogP contribution in [0.25, 0.3) is 0 Å². The van der Waals surface area contributed by atoms with E-state index >= 15 is 0 Å². The molecule has 126 valence electrons. The van der Waals surface area contributed by atoms with Gasteiger partial charge in [0.2, 0.25) is 5.91 Å². The highest BCUT2D eigenvalue weighted by Crippen LogP contribution is 2.30. The van der Waals surface area contributed by atoms with Crippen LogP contribution in [-0.4, -0.2) is 16.8 Å². The monoisotopic (exact) mass is 327 g/mol. The summed E-state index contributed by atoms with van der Waals surface area (Å²) in [4.78, 5) is 28.0. The van der Waals surface area contributed by atoms with E-state index in [1.165, 1.54) is 6.26 Å². The topological polar surface area (TPSA) is 84.2 Å². The first-order chi connectivity index (χ1) is 11.6. The van der Waals surface area contributed by atoms with Crippen LogP contribution in [0.3, 0.4) is 0 Å². The van der Waals surface area contributed by atoms with E-state index in [4.69, 9.17) is 4.42 Å². The first-order valence-electron chi connectivity index (χ1n) is 8.23. The highest BCUT2D eigenvalue weighted by atomic mass is 16.3. The van der Waals surface area contributed by atoms with Gasteiger partial charge in [0.1, 0.15) is 6.26 Å². The van der Waals surface area contributed by atoms with E-state index in [2.05, 4.69) is 15.6 Å². The molecule has 1 aromatic heterocycles. The summed E-state index contributed by atoms with van der Waals surface area (Å²) in [5, 5.41) is 5.79. The van der Waals surface area contributed by atoms with E-state index in [-0.39, 0.29) is 29.5 Å². The van der Waals surface area contributed by atoms with Gasteiger partial charge in [-0.15, -0.1) is 0 Å². The maximum atomic E-state index is 12.2. The lowest BCUT2D eigenvalue weighted by atomic mass is 10.1. The maximum Gasteiger partial charge on any atom is 0.273 e. The Morgan fingerprint density at radius 3 is 2.58 bits per heavy atom. The molecule has 1 heterocycles. The van der Waals surface area contributed by atoms with Crippen molar-refractivity contribution in [3.05, 3.63) is 47.7 Å². The molecular formula is C18H21N3O3. The number of aryl methyl sites for hydroxylation is 1. The molecule has 1 fully saturated rings. The van der Waals surface area contributed by atoms with Crippen LogP contribution in [0.1, 0.15) is 54.7 Å². The number of amides is 2. The summed E-state index contributed by atoms with van der Waals surface area (Å²) < 4.78 is 5.19. The van der Waals surface area contributed by atoms with Crippen molar-refractivity contribution < 1.29 is 14.0 Å². The van der Waals surface area contributed by atoms with Crippen molar-refractivity contribution in [2.75, 3.05) is 5.32 Å². The fourth-order valence-electron chi connectivity index (χ4n) is 2.38. The SMILES string of the molecule is CCc1nc(C(=O)N[C@@H](C)c2ccc(NC(=O)C3CC3)cc2)co1. The van der Waals surface area contributed by atoms with Gasteiger partial charge in [-0.3, -0.25) is 9.59 Å². The van der Waals surface area contributed by atoms with Crippen molar-refractivity contribution in [2.45, 2.75) is 39.2 Å². The number of carbonyl (C=O) groups excluding carboxylic acids is 2. The summed E-state index contributed by atoms with van der Waals surface area (Å²) in [6, 6.07) is 7.32. The van der Waals surface area contributed by atoms with E-state index in [1.54, 1.807) is 0 Å². The quantitative estimate of drug-likeness (QED) is 0.854. The summed E-state index contributed by atoms with van der Waals surface area (Å²) in [5.41, 5.74) is 2.01. The summed E-state index contributed by atoms with van der Waals surface area (Å²) in [5.74, 6) is 0.542. The molecule has 2 N–H and O–H groups in total. The van der Waals surface area contributed by atoms with Crippen LogP contribution in [-0.2, 0) is 11.2 Å². The van der Waals surface area contributed by atoms with E-state index in [1.807, 2.05) is 38.1 Å². The lowest BCUT2D eigenvalue weighted by Gasteiger charge is -2.14. The van der Waals surface area contributed by atoms with E-state index < -0.39 is 0 Å². The Bertz CT molecular complexity index is 732. The van der Waals surface area contributed by atoms with Crippen LogP contribution in [0.2, 0.25) is 0 Å². The number of oxazole rings is 1. The van der Waals surface area contributed by atoms with Gasteiger partial charge in [-0.1, -0.05) is 19.1 Å². The summed E-state index contributed by atoms with van der Waals surface area (Å²) >= 11 is 0. The normalized spacial score (nSPS) is 14.9. The minimum absolute atomic E-state index is 0.0851. The fraction of sp³-hybridized carbons (Fsp3) is 0.389. The van der Waals surface area contributed by atoms with Gasteiger partial charge in [-0.05, 0) is 37.5 Å². The Balaban J connectivity index is 1.58. The van der Waals surface area contributed by atoms with Crippen molar-refractivity contribution in [3.63, 3.8) is 0 Å². The number of carbonyl (C=O) groups is 2. The van der Waals surface area contributed by atoms with Crippen molar-refractivity contribution in [3.8, 4) is 0 Å². The standard InChI is InChI=1S/C18H21N3O3/c1-3-16-21-15(10-24-16)18(23)19-11(2)12-6-8-14(9-7-12)20-17(22)13-4-5-13/h6-11,13H,3-5H2,1-2H3,(H,19,23)(H,20,22)/t11-/m0/s1. The molecular weight excluding hydrogens is 306 g/mol. The van der Waals surface area contributed by atoms with Gasteiger partial charge >= 0.3 is 0 Å². The van der Waals surface area contributed by atoms with E-state index in [0.29, 0.717) is 12.3 Å². The number of aromatic nitrogens is 1. The second-order valence-corrected chi connectivity index (χ2v) is 6.06. The Kier molecular flexibility index (Phi) is 4.64. The van der Waals surface area contributed by atoms with E-state index in [0.717, 1.165) is 24.1 Å². The molecule has 1 saturated carbocycles. The molecule has 0 aliphatic heterocycles. The average Bonchev–Trinajstić information content (AvgIpc) is 3.32. The number of anilines is 1. The Labute approximate surface area is 140 Å². The first kappa shape index (κ1) is 16.2. The average molecular weight is 327 g/mol. The molecule has 1 atom stereocenters. The number of rotatable bonds is 6. The maximum absolute atomic E-state index is 12.2. The Morgan fingerprint density at radius 1 is 1.29 bits per heavy atom. The number of nitrogens with zero attached hydrogens (tertiary/aromatic N) is 1. The van der Waals surface area contributed by atoms with Gasteiger partial charge in [0.25, 0.3) is 5.91 Å². The fourth-order valence-corrected chi connectivity index (χ4v) is 2.38. The van der Waals surface area contributed by atoms with Gasteiger partial charge in [0, 0.05) is 18.0 Å². The number of hydrogen-bond donors (Lipinski definition) is 2. The molecule has 3 rings (SSSR count). The largest absolute Gasteiger partial charge is 0.448 e. The zero-order valence-corrected chi connectivity index (χ0v) is 13.8. The smallest absolute Gasteiger partial charge is 0.273 e. The molecule has 0 saturated heterocycles. The van der Waals surface area contributed by atoms with Crippen LogP contribution in [0.15, 0.2) is 34.9 Å². The zero-order valence-electron chi connectivity index (χ0n) is 13.8. The third-order valence-corrected chi connectivity index (χ3v) is 4.06. The number of hydrogen-bond acceptors (Lipinski definition) is 4. The second-order valence-electron chi connectivity index (χ2n) is 6.06. The molecule has 1 aliphatic carbocycles. The predicted octanol–water partition coefficient (Wildman–Crippen LogP) is 3.08. The first-order valence-corrected chi connectivity index (χ1v) is 8.23. The van der Waals surface area contributed by atoms with Crippen LogP contribution in [0, 0.1) is 5.92 Å². The van der Waals surface area contributed by atoms with Gasteiger partial charge in [0.05, 0.1) is 6.04 Å². The highest BCUT2D eigenvalue weighted by Gasteiger charge is 2.29. The Hall–Kier alpha value is -2.63. The van der Waals surface area contributed by atoms with Crippen LogP contribution in [0.4, 0.5) is 5.69 Å². The van der Waals surface area contributed by atoms with Crippen LogP contribution < -0.4 is 10.6 Å². The van der Waals surface area contributed by atoms with Gasteiger partial charge in [-0.25, -0.2) is 4.98 Å². The van der Waals surface area contributed by atoms with Crippen molar-refractivity contribution in [1.29, 1.82) is 0 Å². The van der Waals surface area contributed by atoms with Gasteiger partial charge in [0.15, 0.2) is 11.6 Å². The number of nitrogens with one attached hydrogen (secondary N) is 2. The van der Waals surface area contributed by atoms with Crippen molar-refractivity contribution in [2.24, 2.45) is 5.92 Å². The molecule has 0 spiro atoms. The second kappa shape index (κ2) is 6.86. The molecule has 0 unspecified atom stereocenters. The molecule has 6 heteroatoms. The molecule has 1 aliphatic rings. The highest BCUT2D eigenvalue weighted by molar-refractivity contribution is 5.94. The molecule has 1 aromatic carbocycles. The molecule has 24 heavy (non-hydrogen) atoms. The summed E-state index contributed by atoms with van der Waals surface area (Å²) in [7, 11) is 0. The Morgan fingerprint density at radius 2 is 2.00 bits per heavy atom. The van der Waals surface area contributed by atoms with Crippen molar-refractivity contribution >= 4 is 17.5 Å². The van der Waals surface area contributed by atoms with Crippen LogP contribution >= 0.6 is 0 Å². The lowest BCUT2D eigenvalue weighted by molar-refractivity contribution is -0.117. The van der Waals surface area contributed by atoms with Crippen LogP contribution in [0.5, 0.6) is 0 Å². The predicted molar refractivity (Wildman–Crippen MR) is 89.6 cm³/mol. The zero-order chi connectivity index (χ0) is 17.1. The van der Waals surface area contributed by atoms with Gasteiger partial charge in [-0.2, -0.15) is 0 Å². The third kappa shape index (κ3) is 3.82. The minimum atomic E-state index is -0.267. The van der Waals surface area contributed by atoms with Crippen molar-refractivity contribution in [1.82, 2.24) is 10.3 Å². The molecule has 2 aromatic rings.